The Morgan fingerprint density at radius 2 is 1.81 bits per heavy atom. The van der Waals surface area contributed by atoms with Crippen molar-refractivity contribution in [1.29, 1.82) is 0 Å². The predicted octanol–water partition coefficient (Wildman–Crippen LogP) is 2.62. The molecule has 26 heavy (non-hydrogen) atoms. The molecule has 2 unspecified atom stereocenters. The summed E-state index contributed by atoms with van der Waals surface area (Å²) in [7, 11) is 1.17. The van der Waals surface area contributed by atoms with E-state index in [9.17, 15) is 22.8 Å². The van der Waals surface area contributed by atoms with Gasteiger partial charge in [-0.05, 0) is 19.8 Å². The van der Waals surface area contributed by atoms with Gasteiger partial charge in [0.2, 0.25) is 5.88 Å². The molecule has 1 heterocycles. The fourth-order valence-corrected chi connectivity index (χ4v) is 2.10. The smallest absolute Gasteiger partial charge is 0.435 e. The number of ether oxygens (including phenoxy) is 2. The second-order valence-electron chi connectivity index (χ2n) is 5.94. The summed E-state index contributed by atoms with van der Waals surface area (Å²) in [5.41, 5.74) is -2.73. The summed E-state index contributed by atoms with van der Waals surface area (Å²) in [6.45, 7) is 6.13. The van der Waals surface area contributed by atoms with Crippen molar-refractivity contribution < 1.29 is 32.2 Å². The Kier molecular flexibility index (Phi) is 6.81. The Balaban J connectivity index is 3.00. The third-order valence-corrected chi connectivity index (χ3v) is 4.17. The highest BCUT2D eigenvalue weighted by Gasteiger charge is 2.41. The molecule has 1 aromatic rings. The summed E-state index contributed by atoms with van der Waals surface area (Å²) in [6.07, 6.45) is -5.46. The van der Waals surface area contributed by atoms with Crippen LogP contribution < -0.4 is 10.1 Å². The zero-order valence-electron chi connectivity index (χ0n) is 14.8. The minimum Gasteiger partial charge on any atom is -0.467 e. The van der Waals surface area contributed by atoms with E-state index in [1.54, 1.807) is 13.8 Å². The molecule has 7 nitrogen and oxygen atoms in total. The number of hydrogen-bond acceptors (Lipinski definition) is 6. The summed E-state index contributed by atoms with van der Waals surface area (Å²) in [5, 5.41) is 1.62. The van der Waals surface area contributed by atoms with Gasteiger partial charge in [-0.15, -0.1) is 0 Å². The molecule has 1 N–H and O–H groups in total. The van der Waals surface area contributed by atoms with Crippen molar-refractivity contribution in [2.24, 2.45) is 5.92 Å². The van der Waals surface area contributed by atoms with Gasteiger partial charge in [0.25, 0.3) is 5.91 Å². The molecule has 1 rings (SSSR count). The Hall–Kier alpha value is -2.10. The summed E-state index contributed by atoms with van der Waals surface area (Å²) in [4.78, 5) is 30.9. The zero-order valence-corrected chi connectivity index (χ0v) is 15.5. The highest BCUT2D eigenvalue weighted by molar-refractivity contribution is 6.32. The number of aromatic nitrogens is 2. The number of hydrogen-bond donors (Lipinski definition) is 1. The number of amides is 1. The lowest BCUT2D eigenvalue weighted by Crippen LogP contribution is -2.58. The number of alkyl halides is 3. The maximum Gasteiger partial charge on any atom is 0.435 e. The van der Waals surface area contributed by atoms with Crippen molar-refractivity contribution in [3.8, 4) is 5.88 Å². The van der Waals surface area contributed by atoms with E-state index in [-0.39, 0.29) is 5.92 Å². The number of methoxy groups -OCH3 is 1. The number of rotatable bonds is 6. The molecule has 0 aliphatic rings. The SMILES string of the molecule is COC(=O)C(C)(NC(=O)C(C)Oc1ncnc(C(F)(F)F)c1Cl)C(C)C. The van der Waals surface area contributed by atoms with Gasteiger partial charge in [-0.2, -0.15) is 13.2 Å². The van der Waals surface area contributed by atoms with Crippen molar-refractivity contribution in [2.45, 2.75) is 45.5 Å². The van der Waals surface area contributed by atoms with Crippen LogP contribution in [0.3, 0.4) is 0 Å². The van der Waals surface area contributed by atoms with Crippen molar-refractivity contribution in [3.05, 3.63) is 17.0 Å². The molecular formula is C15H19ClF3N3O4. The molecular weight excluding hydrogens is 379 g/mol. The average Bonchev–Trinajstić information content (AvgIpc) is 2.54. The third kappa shape index (κ3) is 4.75. The average molecular weight is 398 g/mol. The van der Waals surface area contributed by atoms with Crippen LogP contribution >= 0.6 is 11.6 Å². The third-order valence-electron chi connectivity index (χ3n) is 3.83. The molecule has 0 bridgehead atoms. The molecule has 1 amide bonds. The minimum atomic E-state index is -4.80. The summed E-state index contributed by atoms with van der Waals surface area (Å²) in [6, 6.07) is 0. The van der Waals surface area contributed by atoms with Gasteiger partial charge in [-0.1, -0.05) is 25.4 Å². The number of halogens is 4. The Morgan fingerprint density at radius 3 is 2.27 bits per heavy atom. The van der Waals surface area contributed by atoms with Crippen molar-refractivity contribution in [1.82, 2.24) is 15.3 Å². The second-order valence-corrected chi connectivity index (χ2v) is 6.32. The molecule has 0 spiro atoms. The summed E-state index contributed by atoms with van der Waals surface area (Å²) in [5.74, 6) is -2.35. The van der Waals surface area contributed by atoms with Crippen LogP contribution in [0.25, 0.3) is 0 Å². The fourth-order valence-electron chi connectivity index (χ4n) is 1.86. The van der Waals surface area contributed by atoms with Gasteiger partial charge in [0.05, 0.1) is 7.11 Å². The van der Waals surface area contributed by atoms with Gasteiger partial charge < -0.3 is 14.8 Å². The van der Waals surface area contributed by atoms with E-state index in [2.05, 4.69) is 20.0 Å². The van der Waals surface area contributed by atoms with Crippen LogP contribution in [-0.4, -0.2) is 40.6 Å². The monoisotopic (exact) mass is 397 g/mol. The molecule has 0 saturated heterocycles. The quantitative estimate of drug-likeness (QED) is 0.742. The molecule has 0 radical (unpaired) electrons. The van der Waals surface area contributed by atoms with E-state index in [0.717, 1.165) is 0 Å². The largest absolute Gasteiger partial charge is 0.467 e. The van der Waals surface area contributed by atoms with E-state index in [4.69, 9.17) is 16.3 Å². The van der Waals surface area contributed by atoms with Gasteiger partial charge >= 0.3 is 12.1 Å². The van der Waals surface area contributed by atoms with Crippen LogP contribution in [0.4, 0.5) is 13.2 Å². The fraction of sp³-hybridized carbons (Fsp3) is 0.600. The van der Waals surface area contributed by atoms with E-state index in [0.29, 0.717) is 6.33 Å². The molecule has 146 valence electrons. The van der Waals surface area contributed by atoms with Gasteiger partial charge in [-0.25, -0.2) is 14.8 Å². The highest BCUT2D eigenvalue weighted by Crippen LogP contribution is 2.36. The number of nitrogens with one attached hydrogen (secondary N) is 1. The summed E-state index contributed by atoms with van der Waals surface area (Å²) < 4.78 is 48.2. The molecule has 0 saturated carbocycles. The van der Waals surface area contributed by atoms with Gasteiger partial charge in [0.15, 0.2) is 11.8 Å². The van der Waals surface area contributed by atoms with Gasteiger partial charge in [0, 0.05) is 0 Å². The van der Waals surface area contributed by atoms with Gasteiger partial charge in [0.1, 0.15) is 16.9 Å². The van der Waals surface area contributed by atoms with Crippen LogP contribution in [0, 0.1) is 5.92 Å². The number of esters is 1. The van der Waals surface area contributed by atoms with E-state index in [1.807, 2.05) is 0 Å². The highest BCUT2D eigenvalue weighted by atomic mass is 35.5. The lowest BCUT2D eigenvalue weighted by molar-refractivity contribution is -0.153. The van der Waals surface area contributed by atoms with E-state index >= 15 is 0 Å². The summed E-state index contributed by atoms with van der Waals surface area (Å²) >= 11 is 5.62. The van der Waals surface area contributed by atoms with Crippen molar-refractivity contribution >= 4 is 23.5 Å². The molecule has 2 atom stereocenters. The standard InChI is InChI=1S/C15H19ClF3N3O4/c1-7(2)14(4,13(24)25-5)22-11(23)8(3)26-12-9(16)10(15(17,18)19)20-6-21-12/h6-8H,1-5H3,(H,22,23). The van der Waals surface area contributed by atoms with Gasteiger partial charge in [-0.3, -0.25) is 4.79 Å². The van der Waals surface area contributed by atoms with Crippen LogP contribution in [0.5, 0.6) is 5.88 Å². The molecule has 1 aromatic heterocycles. The minimum absolute atomic E-state index is 0.328. The lowest BCUT2D eigenvalue weighted by Gasteiger charge is -2.32. The first-order chi connectivity index (χ1) is 11.8. The maximum absolute atomic E-state index is 12.8. The topological polar surface area (TPSA) is 90.4 Å². The normalized spacial score (nSPS) is 15.2. The molecule has 0 aliphatic carbocycles. The number of nitrogens with zero attached hydrogens (tertiary/aromatic N) is 2. The van der Waals surface area contributed by atoms with Crippen LogP contribution in [0.2, 0.25) is 5.02 Å². The molecule has 11 heteroatoms. The second kappa shape index (κ2) is 8.07. The maximum atomic E-state index is 12.8. The number of carbonyl (C=O) groups excluding carboxylic acids is 2. The predicted molar refractivity (Wildman–Crippen MR) is 85.5 cm³/mol. The first-order valence-corrected chi connectivity index (χ1v) is 7.87. The van der Waals surface area contributed by atoms with Crippen molar-refractivity contribution in [2.75, 3.05) is 7.11 Å². The Morgan fingerprint density at radius 1 is 1.23 bits per heavy atom. The number of carbonyl (C=O) groups is 2. The van der Waals surface area contributed by atoms with E-state index in [1.165, 1.54) is 21.0 Å². The van der Waals surface area contributed by atoms with Crippen LogP contribution in [0.1, 0.15) is 33.4 Å². The van der Waals surface area contributed by atoms with Crippen LogP contribution in [0.15, 0.2) is 6.33 Å². The molecule has 0 aromatic carbocycles. The molecule has 0 fully saturated rings. The molecule has 0 aliphatic heterocycles. The van der Waals surface area contributed by atoms with E-state index < -0.39 is 46.3 Å². The Bertz CT molecular complexity index is 685. The Labute approximate surface area is 153 Å². The zero-order chi connectivity index (χ0) is 20.3. The first kappa shape index (κ1) is 21.9. The lowest BCUT2D eigenvalue weighted by atomic mass is 9.88. The van der Waals surface area contributed by atoms with Crippen molar-refractivity contribution in [3.63, 3.8) is 0 Å². The first-order valence-electron chi connectivity index (χ1n) is 7.49. The van der Waals surface area contributed by atoms with Crippen LogP contribution in [-0.2, 0) is 20.5 Å².